The number of piperidine rings is 1. The zero-order valence-corrected chi connectivity index (χ0v) is 12.1. The Morgan fingerprint density at radius 1 is 1.11 bits per heavy atom. The fourth-order valence-electron chi connectivity index (χ4n) is 2.51. The van der Waals surface area contributed by atoms with Crippen LogP contribution in [-0.4, -0.2) is 38.0 Å². The number of likely N-dealkylation sites (tertiary alicyclic amines) is 1. The zero-order valence-electron chi connectivity index (χ0n) is 12.1. The molecule has 0 atom stereocenters. The third-order valence-electron chi connectivity index (χ3n) is 3.79. The highest BCUT2D eigenvalue weighted by atomic mass is 16.2. The molecule has 1 aromatic carbocycles. The van der Waals surface area contributed by atoms with E-state index in [1.165, 1.54) is 30.5 Å². The van der Waals surface area contributed by atoms with E-state index in [2.05, 4.69) is 29.2 Å². The molecule has 3 nitrogen and oxygen atoms in total. The van der Waals surface area contributed by atoms with Gasteiger partial charge in [-0.2, -0.15) is 0 Å². The SMILES string of the molecule is CN(C)c1ccc(CCC(=O)N2CCCCC2)cc1. The number of rotatable bonds is 4. The summed E-state index contributed by atoms with van der Waals surface area (Å²) in [4.78, 5) is 16.2. The summed E-state index contributed by atoms with van der Waals surface area (Å²) >= 11 is 0. The molecule has 1 aromatic rings. The van der Waals surface area contributed by atoms with Gasteiger partial charge in [0.25, 0.3) is 0 Å². The lowest BCUT2D eigenvalue weighted by molar-refractivity contribution is -0.132. The first-order chi connectivity index (χ1) is 9.16. The molecule has 2 rings (SSSR count). The Labute approximate surface area is 116 Å². The van der Waals surface area contributed by atoms with Gasteiger partial charge in [0.15, 0.2) is 0 Å². The molecular weight excluding hydrogens is 236 g/mol. The van der Waals surface area contributed by atoms with Gasteiger partial charge in [0.2, 0.25) is 5.91 Å². The number of benzene rings is 1. The van der Waals surface area contributed by atoms with Crippen LogP contribution in [0.4, 0.5) is 5.69 Å². The van der Waals surface area contributed by atoms with Gasteiger partial charge >= 0.3 is 0 Å². The highest BCUT2D eigenvalue weighted by Gasteiger charge is 2.15. The Balaban J connectivity index is 1.82. The van der Waals surface area contributed by atoms with E-state index in [1.54, 1.807) is 0 Å². The second-order valence-electron chi connectivity index (χ2n) is 5.50. The summed E-state index contributed by atoms with van der Waals surface area (Å²) in [6, 6.07) is 8.47. The molecule has 1 fully saturated rings. The van der Waals surface area contributed by atoms with E-state index >= 15 is 0 Å². The second-order valence-corrected chi connectivity index (χ2v) is 5.50. The molecule has 1 saturated heterocycles. The van der Waals surface area contributed by atoms with Crippen molar-refractivity contribution in [3.63, 3.8) is 0 Å². The first-order valence-electron chi connectivity index (χ1n) is 7.21. The van der Waals surface area contributed by atoms with Crippen LogP contribution >= 0.6 is 0 Å². The Morgan fingerprint density at radius 3 is 2.32 bits per heavy atom. The molecule has 3 heteroatoms. The highest BCUT2D eigenvalue weighted by Crippen LogP contribution is 2.15. The lowest BCUT2D eigenvalue weighted by Gasteiger charge is -2.26. The van der Waals surface area contributed by atoms with Crippen molar-refractivity contribution in [3.05, 3.63) is 29.8 Å². The summed E-state index contributed by atoms with van der Waals surface area (Å²) in [5.74, 6) is 0.316. The maximum absolute atomic E-state index is 12.1. The molecule has 1 aliphatic rings. The van der Waals surface area contributed by atoms with Gasteiger partial charge in [-0.25, -0.2) is 0 Å². The monoisotopic (exact) mass is 260 g/mol. The average Bonchev–Trinajstić information content (AvgIpc) is 2.46. The van der Waals surface area contributed by atoms with Gasteiger partial charge in [-0.15, -0.1) is 0 Å². The van der Waals surface area contributed by atoms with Gasteiger partial charge in [-0.1, -0.05) is 12.1 Å². The normalized spacial score (nSPS) is 15.4. The van der Waals surface area contributed by atoms with Crippen LogP contribution in [0.1, 0.15) is 31.2 Å². The van der Waals surface area contributed by atoms with E-state index < -0.39 is 0 Å². The molecule has 0 bridgehead atoms. The predicted molar refractivity (Wildman–Crippen MR) is 79.5 cm³/mol. The molecule has 0 aromatic heterocycles. The maximum Gasteiger partial charge on any atom is 0.222 e. The van der Waals surface area contributed by atoms with Crippen molar-refractivity contribution < 1.29 is 4.79 Å². The minimum absolute atomic E-state index is 0.316. The molecule has 0 radical (unpaired) electrons. The highest BCUT2D eigenvalue weighted by molar-refractivity contribution is 5.76. The first kappa shape index (κ1) is 13.9. The van der Waals surface area contributed by atoms with Gasteiger partial charge in [0, 0.05) is 39.3 Å². The third-order valence-corrected chi connectivity index (χ3v) is 3.79. The van der Waals surface area contributed by atoms with Crippen molar-refractivity contribution in [1.29, 1.82) is 0 Å². The van der Waals surface area contributed by atoms with Crippen LogP contribution in [0.2, 0.25) is 0 Å². The summed E-state index contributed by atoms with van der Waals surface area (Å²) in [6.07, 6.45) is 5.10. The first-order valence-corrected chi connectivity index (χ1v) is 7.21. The van der Waals surface area contributed by atoms with E-state index in [0.717, 1.165) is 19.5 Å². The third kappa shape index (κ3) is 3.98. The quantitative estimate of drug-likeness (QED) is 0.831. The molecule has 1 aliphatic heterocycles. The molecule has 1 heterocycles. The van der Waals surface area contributed by atoms with Gasteiger partial charge in [-0.05, 0) is 43.4 Å². The van der Waals surface area contributed by atoms with E-state index in [-0.39, 0.29) is 0 Å². The van der Waals surface area contributed by atoms with Gasteiger partial charge in [0.1, 0.15) is 0 Å². The predicted octanol–water partition coefficient (Wildman–Crippen LogP) is 2.70. The van der Waals surface area contributed by atoms with Gasteiger partial charge in [0.05, 0.1) is 0 Å². The number of hydrogen-bond donors (Lipinski definition) is 0. The molecule has 104 valence electrons. The Kier molecular flexibility index (Phi) is 4.83. The van der Waals surface area contributed by atoms with Crippen LogP contribution in [0.15, 0.2) is 24.3 Å². The molecule has 19 heavy (non-hydrogen) atoms. The van der Waals surface area contributed by atoms with Crippen LogP contribution in [0.3, 0.4) is 0 Å². The molecule has 0 spiro atoms. The van der Waals surface area contributed by atoms with E-state index in [0.29, 0.717) is 12.3 Å². The van der Waals surface area contributed by atoms with Crippen LogP contribution in [0.25, 0.3) is 0 Å². The number of nitrogens with zero attached hydrogens (tertiary/aromatic N) is 2. The van der Waals surface area contributed by atoms with Gasteiger partial charge in [-0.3, -0.25) is 4.79 Å². The fraction of sp³-hybridized carbons (Fsp3) is 0.562. The molecule has 0 N–H and O–H groups in total. The Morgan fingerprint density at radius 2 is 1.74 bits per heavy atom. The lowest BCUT2D eigenvalue weighted by Crippen LogP contribution is -2.35. The van der Waals surface area contributed by atoms with Crippen molar-refractivity contribution in [1.82, 2.24) is 4.90 Å². The van der Waals surface area contributed by atoms with Crippen LogP contribution in [0, 0.1) is 0 Å². The van der Waals surface area contributed by atoms with E-state index in [4.69, 9.17) is 0 Å². The second kappa shape index (κ2) is 6.60. The minimum Gasteiger partial charge on any atom is -0.378 e. The fourth-order valence-corrected chi connectivity index (χ4v) is 2.51. The molecule has 0 saturated carbocycles. The van der Waals surface area contributed by atoms with E-state index in [9.17, 15) is 4.79 Å². The number of amides is 1. The Hall–Kier alpha value is -1.51. The summed E-state index contributed by atoms with van der Waals surface area (Å²) in [5, 5.41) is 0. The zero-order chi connectivity index (χ0) is 13.7. The topological polar surface area (TPSA) is 23.6 Å². The van der Waals surface area contributed by atoms with Crippen molar-refractivity contribution >= 4 is 11.6 Å². The standard InChI is InChI=1S/C16H24N2O/c1-17(2)15-9-6-14(7-10-15)8-11-16(19)18-12-4-3-5-13-18/h6-7,9-10H,3-5,8,11-13H2,1-2H3. The number of aryl methyl sites for hydroxylation is 1. The van der Waals surface area contributed by atoms with Crippen molar-refractivity contribution in [2.45, 2.75) is 32.1 Å². The van der Waals surface area contributed by atoms with Crippen LogP contribution < -0.4 is 4.90 Å². The molecular formula is C16H24N2O. The molecule has 0 unspecified atom stereocenters. The Bertz CT molecular complexity index is 405. The number of anilines is 1. The van der Waals surface area contributed by atoms with Gasteiger partial charge < -0.3 is 9.80 Å². The summed E-state index contributed by atoms with van der Waals surface area (Å²) in [5.41, 5.74) is 2.45. The molecule has 0 aliphatic carbocycles. The summed E-state index contributed by atoms with van der Waals surface area (Å²) in [6.45, 7) is 1.91. The number of carbonyl (C=O) groups is 1. The minimum atomic E-state index is 0.316. The lowest BCUT2D eigenvalue weighted by atomic mass is 10.1. The maximum atomic E-state index is 12.1. The largest absolute Gasteiger partial charge is 0.378 e. The van der Waals surface area contributed by atoms with E-state index in [1.807, 2.05) is 19.0 Å². The van der Waals surface area contributed by atoms with Crippen molar-refractivity contribution in [2.24, 2.45) is 0 Å². The average molecular weight is 260 g/mol. The van der Waals surface area contributed by atoms with Crippen LogP contribution in [0.5, 0.6) is 0 Å². The summed E-state index contributed by atoms with van der Waals surface area (Å²) < 4.78 is 0. The molecule has 1 amide bonds. The van der Waals surface area contributed by atoms with Crippen molar-refractivity contribution in [2.75, 3.05) is 32.1 Å². The smallest absolute Gasteiger partial charge is 0.222 e. The van der Waals surface area contributed by atoms with Crippen molar-refractivity contribution in [3.8, 4) is 0 Å². The van der Waals surface area contributed by atoms with Crippen LogP contribution in [-0.2, 0) is 11.2 Å². The number of hydrogen-bond acceptors (Lipinski definition) is 2. The summed E-state index contributed by atoms with van der Waals surface area (Å²) in [7, 11) is 4.07. The number of carbonyl (C=O) groups excluding carboxylic acids is 1.